The van der Waals surface area contributed by atoms with Gasteiger partial charge in [0.25, 0.3) is 0 Å². The summed E-state index contributed by atoms with van der Waals surface area (Å²) in [5.74, 6) is 0.590. The number of nitrogens with two attached hydrogens (primary N) is 1. The van der Waals surface area contributed by atoms with Crippen molar-refractivity contribution in [1.82, 2.24) is 4.98 Å². The number of ketones is 1. The second-order valence-electron chi connectivity index (χ2n) is 5.40. The fourth-order valence-corrected chi connectivity index (χ4v) is 2.35. The number of anilines is 1. The maximum Gasteiger partial charge on any atom is 0.247 e. The Morgan fingerprint density at radius 1 is 1.38 bits per heavy atom. The zero-order chi connectivity index (χ0) is 17.1. The molecule has 1 aliphatic heterocycles. The normalized spacial score (nSPS) is 15.5. The Balaban J connectivity index is 0.00000169. The molecule has 1 amide bonds. The highest BCUT2D eigenvalue weighted by molar-refractivity contribution is 5.99. The average Bonchev–Trinajstić information content (AvgIpc) is 2.73. The molecular formula is C17H19Cl2N3O4. The highest BCUT2D eigenvalue weighted by Crippen LogP contribution is 2.33. The zero-order valence-electron chi connectivity index (χ0n) is 14.0. The molecule has 0 radical (unpaired) electrons. The minimum Gasteiger partial charge on any atom is -0.489 e. The third kappa shape index (κ3) is 4.63. The number of nitrogens with zero attached hydrogens (tertiary/aromatic N) is 2. The van der Waals surface area contributed by atoms with Crippen LogP contribution in [0.15, 0.2) is 42.7 Å². The van der Waals surface area contributed by atoms with Crippen LogP contribution < -0.4 is 20.1 Å². The van der Waals surface area contributed by atoms with Crippen LogP contribution in [0.25, 0.3) is 0 Å². The van der Waals surface area contributed by atoms with E-state index in [1.54, 1.807) is 43.6 Å². The Morgan fingerprint density at radius 2 is 2.15 bits per heavy atom. The lowest BCUT2D eigenvalue weighted by Crippen LogP contribution is -2.43. The molecule has 1 aliphatic rings. The summed E-state index contributed by atoms with van der Waals surface area (Å²) in [5, 5.41) is 0. The van der Waals surface area contributed by atoms with Gasteiger partial charge in [-0.05, 0) is 24.3 Å². The van der Waals surface area contributed by atoms with Crippen LogP contribution >= 0.6 is 24.8 Å². The summed E-state index contributed by atoms with van der Waals surface area (Å²) in [4.78, 5) is 29.5. The van der Waals surface area contributed by atoms with Gasteiger partial charge in [0, 0.05) is 31.1 Å². The number of carbonyl (C=O) groups excluding carboxylic acids is 2. The molecule has 140 valence electrons. The van der Waals surface area contributed by atoms with Gasteiger partial charge in [-0.3, -0.25) is 14.6 Å². The molecule has 3 rings (SSSR count). The van der Waals surface area contributed by atoms with Gasteiger partial charge in [0.15, 0.2) is 6.61 Å². The van der Waals surface area contributed by atoms with E-state index in [1.165, 1.54) is 11.1 Å². The highest BCUT2D eigenvalue weighted by Gasteiger charge is 2.26. The molecule has 1 aromatic carbocycles. The zero-order valence-corrected chi connectivity index (χ0v) is 15.6. The molecule has 26 heavy (non-hydrogen) atoms. The molecule has 9 heteroatoms. The maximum atomic E-state index is 12.1. The number of hydrogen-bond donors (Lipinski definition) is 1. The summed E-state index contributed by atoms with van der Waals surface area (Å²) >= 11 is 0. The number of fused-ring (bicyclic) bond motifs is 1. The first-order valence-corrected chi connectivity index (χ1v) is 7.42. The number of amides is 1. The van der Waals surface area contributed by atoms with Crippen molar-refractivity contribution in [3.05, 3.63) is 48.3 Å². The molecular weight excluding hydrogens is 381 g/mol. The van der Waals surface area contributed by atoms with Crippen LogP contribution in [0.5, 0.6) is 11.5 Å². The van der Waals surface area contributed by atoms with Crippen LogP contribution in [0.4, 0.5) is 5.69 Å². The van der Waals surface area contributed by atoms with Crippen molar-refractivity contribution in [3.63, 3.8) is 0 Å². The Bertz CT molecular complexity index is 774. The summed E-state index contributed by atoms with van der Waals surface area (Å²) in [6, 6.07) is 7.69. The fourth-order valence-electron chi connectivity index (χ4n) is 2.35. The monoisotopic (exact) mass is 399 g/mol. The SMILES string of the molecule is CN1C(=O)[C@@H](N)COc2ccc(OCC(=O)c3cccnc3)cc21.Cl.Cl. The summed E-state index contributed by atoms with van der Waals surface area (Å²) in [5.41, 5.74) is 6.79. The van der Waals surface area contributed by atoms with E-state index in [0.717, 1.165) is 0 Å². The number of Topliss-reactive ketones (excluding diaryl/α,β-unsaturated/α-hetero) is 1. The van der Waals surface area contributed by atoms with Crippen LogP contribution in [-0.4, -0.2) is 43.0 Å². The number of aromatic nitrogens is 1. The fraction of sp³-hybridized carbons (Fsp3) is 0.235. The maximum absolute atomic E-state index is 12.1. The lowest BCUT2D eigenvalue weighted by Gasteiger charge is -2.18. The smallest absolute Gasteiger partial charge is 0.247 e. The van der Waals surface area contributed by atoms with Crippen LogP contribution in [0.2, 0.25) is 0 Å². The number of likely N-dealkylation sites (N-methyl/N-ethyl adjacent to an activating group) is 1. The first-order chi connectivity index (χ1) is 11.6. The van der Waals surface area contributed by atoms with Gasteiger partial charge in [-0.2, -0.15) is 0 Å². The van der Waals surface area contributed by atoms with Crippen LogP contribution in [-0.2, 0) is 4.79 Å². The van der Waals surface area contributed by atoms with Gasteiger partial charge >= 0.3 is 0 Å². The van der Waals surface area contributed by atoms with E-state index in [0.29, 0.717) is 22.7 Å². The van der Waals surface area contributed by atoms with Crippen molar-refractivity contribution in [2.75, 3.05) is 25.2 Å². The predicted octanol–water partition coefficient (Wildman–Crippen LogP) is 1.87. The molecule has 1 aromatic heterocycles. The number of halogens is 2. The van der Waals surface area contributed by atoms with Gasteiger partial charge in [0.1, 0.15) is 24.1 Å². The van der Waals surface area contributed by atoms with Gasteiger partial charge in [-0.1, -0.05) is 0 Å². The van der Waals surface area contributed by atoms with Crippen molar-refractivity contribution in [2.45, 2.75) is 6.04 Å². The molecule has 0 aliphatic carbocycles. The van der Waals surface area contributed by atoms with E-state index in [1.807, 2.05) is 0 Å². The van der Waals surface area contributed by atoms with Gasteiger partial charge in [0.05, 0.1) is 5.69 Å². The van der Waals surface area contributed by atoms with E-state index >= 15 is 0 Å². The number of ether oxygens (including phenoxy) is 2. The van der Waals surface area contributed by atoms with Gasteiger partial charge in [-0.15, -0.1) is 24.8 Å². The largest absolute Gasteiger partial charge is 0.489 e. The predicted molar refractivity (Wildman–Crippen MR) is 102 cm³/mol. The Hall–Kier alpha value is -2.35. The molecule has 2 heterocycles. The second kappa shape index (κ2) is 9.38. The van der Waals surface area contributed by atoms with E-state index in [9.17, 15) is 9.59 Å². The van der Waals surface area contributed by atoms with Crippen molar-refractivity contribution in [2.24, 2.45) is 5.73 Å². The van der Waals surface area contributed by atoms with E-state index < -0.39 is 6.04 Å². The molecule has 2 aromatic rings. The third-order valence-corrected chi connectivity index (χ3v) is 3.71. The summed E-state index contributed by atoms with van der Waals surface area (Å²) in [6.07, 6.45) is 3.09. The van der Waals surface area contributed by atoms with Crippen molar-refractivity contribution in [1.29, 1.82) is 0 Å². The molecule has 0 unspecified atom stereocenters. The molecule has 1 atom stereocenters. The molecule has 0 saturated carbocycles. The van der Waals surface area contributed by atoms with Gasteiger partial charge < -0.3 is 20.1 Å². The van der Waals surface area contributed by atoms with Crippen LogP contribution in [0, 0.1) is 0 Å². The highest BCUT2D eigenvalue weighted by atomic mass is 35.5. The molecule has 0 saturated heterocycles. The van der Waals surface area contributed by atoms with E-state index in [2.05, 4.69) is 4.98 Å². The standard InChI is InChI=1S/C17H17N3O4.2ClH/c1-20-14-7-12(4-5-16(14)24-9-13(18)17(20)22)23-10-15(21)11-3-2-6-19-8-11;;/h2-8,13H,9-10,18H2,1H3;2*1H/t13-;;/m0../s1. The quantitative estimate of drug-likeness (QED) is 0.788. The minimum absolute atomic E-state index is 0. The summed E-state index contributed by atoms with van der Waals surface area (Å²) < 4.78 is 11.1. The number of benzene rings is 1. The van der Waals surface area contributed by atoms with Gasteiger partial charge in [-0.25, -0.2) is 0 Å². The topological polar surface area (TPSA) is 94.8 Å². The Morgan fingerprint density at radius 3 is 2.85 bits per heavy atom. The Kier molecular flexibility index (Phi) is 7.82. The second-order valence-corrected chi connectivity index (χ2v) is 5.40. The number of carbonyl (C=O) groups is 2. The van der Waals surface area contributed by atoms with Crippen LogP contribution in [0.1, 0.15) is 10.4 Å². The average molecular weight is 400 g/mol. The van der Waals surface area contributed by atoms with Crippen molar-refractivity contribution >= 4 is 42.2 Å². The van der Waals surface area contributed by atoms with E-state index in [-0.39, 0.29) is 49.7 Å². The molecule has 0 bridgehead atoms. The summed E-state index contributed by atoms with van der Waals surface area (Å²) in [6.45, 7) is -0.00161. The lowest BCUT2D eigenvalue weighted by atomic mass is 10.2. The molecule has 7 nitrogen and oxygen atoms in total. The summed E-state index contributed by atoms with van der Waals surface area (Å²) in [7, 11) is 1.63. The Labute approximate surface area is 163 Å². The number of pyridine rings is 1. The molecule has 0 fully saturated rings. The van der Waals surface area contributed by atoms with Crippen LogP contribution in [0.3, 0.4) is 0 Å². The molecule has 2 N–H and O–H groups in total. The molecule has 0 spiro atoms. The van der Waals surface area contributed by atoms with Crippen molar-refractivity contribution < 1.29 is 19.1 Å². The minimum atomic E-state index is -0.709. The number of rotatable bonds is 4. The lowest BCUT2D eigenvalue weighted by molar-refractivity contribution is -0.119. The van der Waals surface area contributed by atoms with E-state index in [4.69, 9.17) is 15.2 Å². The number of hydrogen-bond acceptors (Lipinski definition) is 6. The first-order valence-electron chi connectivity index (χ1n) is 7.42. The van der Waals surface area contributed by atoms with Crippen molar-refractivity contribution in [3.8, 4) is 11.5 Å². The van der Waals surface area contributed by atoms with Gasteiger partial charge in [0.2, 0.25) is 11.7 Å². The third-order valence-electron chi connectivity index (χ3n) is 3.71. The first kappa shape index (κ1) is 21.7.